The Hall–Kier alpha value is -2.20. The Bertz CT molecular complexity index is 645. The molecular weight excluding hydrogens is 279 g/mol. The number of hydrogen-bond donors (Lipinski definition) is 2. The number of hydrogen-bond acceptors (Lipinski definition) is 2. The summed E-state index contributed by atoms with van der Waals surface area (Å²) >= 11 is 0. The maximum atomic E-state index is 13.1. The fourth-order valence-corrected chi connectivity index (χ4v) is 2.79. The van der Waals surface area contributed by atoms with Gasteiger partial charge in [-0.2, -0.15) is 0 Å². The topological polar surface area (TPSA) is 41.1 Å². The first-order chi connectivity index (χ1) is 10.7. The van der Waals surface area contributed by atoms with Crippen LogP contribution in [0.1, 0.15) is 16.8 Å². The number of carbonyl (C=O) groups excluding carboxylic acids is 1. The number of benzene rings is 2. The molecule has 0 aliphatic carbocycles. The molecule has 1 saturated heterocycles. The summed E-state index contributed by atoms with van der Waals surface area (Å²) in [4.78, 5) is 12.4. The number of halogens is 1. The second-order valence-electron chi connectivity index (χ2n) is 5.56. The lowest BCUT2D eigenvalue weighted by Crippen LogP contribution is -2.37. The van der Waals surface area contributed by atoms with Gasteiger partial charge < -0.3 is 10.6 Å². The summed E-state index contributed by atoms with van der Waals surface area (Å²) in [5.74, 6) is -0.122. The van der Waals surface area contributed by atoms with E-state index in [1.807, 2.05) is 54.6 Å². The van der Waals surface area contributed by atoms with Gasteiger partial charge in [-0.1, -0.05) is 48.5 Å². The van der Waals surface area contributed by atoms with Crippen LogP contribution in [0.4, 0.5) is 4.39 Å². The third-order valence-electron chi connectivity index (χ3n) is 3.93. The van der Waals surface area contributed by atoms with Crippen molar-refractivity contribution in [1.82, 2.24) is 10.6 Å². The third kappa shape index (κ3) is 3.34. The highest BCUT2D eigenvalue weighted by Crippen LogP contribution is 2.23. The fraction of sp³-hybridized carbons (Fsp3) is 0.278. The van der Waals surface area contributed by atoms with E-state index < -0.39 is 6.17 Å². The zero-order valence-corrected chi connectivity index (χ0v) is 12.3. The van der Waals surface area contributed by atoms with Crippen LogP contribution in [-0.4, -0.2) is 31.2 Å². The molecule has 3 rings (SSSR count). The van der Waals surface area contributed by atoms with E-state index in [1.54, 1.807) is 0 Å². The molecule has 2 atom stereocenters. The van der Waals surface area contributed by atoms with Crippen LogP contribution in [-0.2, 0) is 0 Å². The lowest BCUT2D eigenvalue weighted by Gasteiger charge is -2.13. The van der Waals surface area contributed by atoms with Crippen molar-refractivity contribution in [3.63, 3.8) is 0 Å². The number of rotatable bonds is 4. The van der Waals surface area contributed by atoms with Gasteiger partial charge in [-0.25, -0.2) is 4.39 Å². The standard InChI is InChI=1S/C18H19FN2O/c19-14-10-15(20-11-14)12-21-18(22)17-9-5-4-8-16(17)13-6-2-1-3-7-13/h1-9,14-15,20H,10-12H2,(H,21,22). The Morgan fingerprint density at radius 1 is 1.14 bits per heavy atom. The molecule has 3 nitrogen and oxygen atoms in total. The van der Waals surface area contributed by atoms with E-state index in [1.165, 1.54) is 0 Å². The van der Waals surface area contributed by atoms with Crippen molar-refractivity contribution in [2.45, 2.75) is 18.6 Å². The maximum Gasteiger partial charge on any atom is 0.251 e. The lowest BCUT2D eigenvalue weighted by atomic mass is 9.99. The van der Waals surface area contributed by atoms with Gasteiger partial charge in [-0.05, 0) is 23.6 Å². The Kier molecular flexibility index (Phi) is 4.49. The zero-order valence-electron chi connectivity index (χ0n) is 12.3. The van der Waals surface area contributed by atoms with Gasteiger partial charge in [0.25, 0.3) is 5.91 Å². The molecule has 1 heterocycles. The molecule has 2 aromatic rings. The van der Waals surface area contributed by atoms with Gasteiger partial charge in [0.15, 0.2) is 0 Å². The molecule has 0 saturated carbocycles. The Morgan fingerprint density at radius 2 is 1.86 bits per heavy atom. The summed E-state index contributed by atoms with van der Waals surface area (Å²) in [6, 6.07) is 17.4. The minimum Gasteiger partial charge on any atom is -0.350 e. The highest BCUT2D eigenvalue weighted by atomic mass is 19.1. The highest BCUT2D eigenvalue weighted by Gasteiger charge is 2.24. The van der Waals surface area contributed by atoms with Crippen molar-refractivity contribution in [2.24, 2.45) is 0 Å². The van der Waals surface area contributed by atoms with Gasteiger partial charge in [-0.3, -0.25) is 4.79 Å². The predicted molar refractivity (Wildman–Crippen MR) is 85.5 cm³/mol. The van der Waals surface area contributed by atoms with Gasteiger partial charge >= 0.3 is 0 Å². The molecule has 1 aliphatic rings. The molecule has 0 bridgehead atoms. The largest absolute Gasteiger partial charge is 0.350 e. The van der Waals surface area contributed by atoms with Crippen molar-refractivity contribution in [3.05, 3.63) is 60.2 Å². The number of amides is 1. The first kappa shape index (κ1) is 14.7. The summed E-state index contributed by atoms with van der Waals surface area (Å²) in [6.07, 6.45) is -0.348. The first-order valence-corrected chi connectivity index (χ1v) is 7.54. The Labute approximate surface area is 129 Å². The molecule has 0 radical (unpaired) electrons. The minimum atomic E-state index is -0.807. The van der Waals surface area contributed by atoms with Crippen LogP contribution in [0.25, 0.3) is 11.1 Å². The number of alkyl halides is 1. The predicted octanol–water partition coefficient (Wildman–Crippen LogP) is 2.78. The van der Waals surface area contributed by atoms with E-state index in [9.17, 15) is 9.18 Å². The van der Waals surface area contributed by atoms with Crippen LogP contribution in [0.15, 0.2) is 54.6 Å². The summed E-state index contributed by atoms with van der Waals surface area (Å²) < 4.78 is 13.1. The monoisotopic (exact) mass is 298 g/mol. The molecule has 2 aromatic carbocycles. The zero-order chi connectivity index (χ0) is 15.4. The second-order valence-corrected chi connectivity index (χ2v) is 5.56. The average molecular weight is 298 g/mol. The molecule has 1 aliphatic heterocycles. The molecule has 0 spiro atoms. The summed E-state index contributed by atoms with van der Waals surface area (Å²) in [5.41, 5.74) is 2.56. The summed E-state index contributed by atoms with van der Waals surface area (Å²) in [7, 11) is 0. The molecular formula is C18H19FN2O. The quantitative estimate of drug-likeness (QED) is 0.911. The van der Waals surface area contributed by atoms with Crippen molar-refractivity contribution in [2.75, 3.05) is 13.1 Å². The van der Waals surface area contributed by atoms with E-state index in [-0.39, 0.29) is 11.9 Å². The number of nitrogens with one attached hydrogen (secondary N) is 2. The van der Waals surface area contributed by atoms with Crippen molar-refractivity contribution >= 4 is 5.91 Å². The van der Waals surface area contributed by atoms with Gasteiger partial charge in [0, 0.05) is 24.7 Å². The van der Waals surface area contributed by atoms with E-state index >= 15 is 0 Å². The molecule has 22 heavy (non-hydrogen) atoms. The molecule has 1 amide bonds. The molecule has 0 aromatic heterocycles. The lowest BCUT2D eigenvalue weighted by molar-refractivity contribution is 0.0950. The van der Waals surface area contributed by atoms with Crippen LogP contribution >= 0.6 is 0 Å². The maximum absolute atomic E-state index is 13.1. The SMILES string of the molecule is O=C(NCC1CC(F)CN1)c1ccccc1-c1ccccc1. The highest BCUT2D eigenvalue weighted by molar-refractivity contribution is 6.00. The average Bonchev–Trinajstić information content (AvgIpc) is 2.99. The van der Waals surface area contributed by atoms with Crippen LogP contribution in [0.5, 0.6) is 0 Å². The smallest absolute Gasteiger partial charge is 0.251 e. The molecule has 4 heteroatoms. The Morgan fingerprint density at radius 3 is 2.59 bits per heavy atom. The normalized spacial score (nSPS) is 20.8. The van der Waals surface area contributed by atoms with Crippen LogP contribution in [0.2, 0.25) is 0 Å². The van der Waals surface area contributed by atoms with Crippen LogP contribution in [0.3, 0.4) is 0 Å². The molecule has 1 fully saturated rings. The summed E-state index contributed by atoms with van der Waals surface area (Å²) in [6.45, 7) is 0.823. The van der Waals surface area contributed by atoms with Crippen molar-refractivity contribution in [3.8, 4) is 11.1 Å². The van der Waals surface area contributed by atoms with E-state index in [4.69, 9.17) is 0 Å². The van der Waals surface area contributed by atoms with Gasteiger partial charge in [0.2, 0.25) is 0 Å². The molecule has 2 unspecified atom stereocenters. The number of carbonyl (C=O) groups is 1. The van der Waals surface area contributed by atoms with E-state index in [0.717, 1.165) is 11.1 Å². The third-order valence-corrected chi connectivity index (χ3v) is 3.93. The fourth-order valence-electron chi connectivity index (χ4n) is 2.79. The first-order valence-electron chi connectivity index (χ1n) is 7.54. The van der Waals surface area contributed by atoms with Crippen molar-refractivity contribution in [1.29, 1.82) is 0 Å². The molecule has 2 N–H and O–H groups in total. The van der Waals surface area contributed by atoms with Crippen molar-refractivity contribution < 1.29 is 9.18 Å². The van der Waals surface area contributed by atoms with Crippen LogP contribution in [0, 0.1) is 0 Å². The van der Waals surface area contributed by atoms with Gasteiger partial charge in [-0.15, -0.1) is 0 Å². The Balaban J connectivity index is 1.73. The minimum absolute atomic E-state index is 0.0165. The van der Waals surface area contributed by atoms with Crippen LogP contribution < -0.4 is 10.6 Å². The van der Waals surface area contributed by atoms with E-state index in [0.29, 0.717) is 25.1 Å². The van der Waals surface area contributed by atoms with E-state index in [2.05, 4.69) is 10.6 Å². The summed E-state index contributed by atoms with van der Waals surface area (Å²) in [5, 5.41) is 5.97. The van der Waals surface area contributed by atoms with Gasteiger partial charge in [0.05, 0.1) is 0 Å². The van der Waals surface area contributed by atoms with Gasteiger partial charge in [0.1, 0.15) is 6.17 Å². The second kappa shape index (κ2) is 6.71. The molecule has 114 valence electrons.